The van der Waals surface area contributed by atoms with Crippen molar-refractivity contribution in [2.24, 2.45) is 0 Å². The molecule has 0 atom stereocenters. The van der Waals surface area contributed by atoms with E-state index in [4.69, 9.17) is 4.98 Å². The third kappa shape index (κ3) is 13.4. The second-order valence-electron chi connectivity index (χ2n) is 30.7. The van der Waals surface area contributed by atoms with E-state index in [1.54, 1.807) is 0 Å². The van der Waals surface area contributed by atoms with Gasteiger partial charge in [0.05, 0.1) is 5.69 Å². The van der Waals surface area contributed by atoms with Gasteiger partial charge in [-0.25, -0.2) is 0 Å². The first kappa shape index (κ1) is 68.5. The Morgan fingerprint density at radius 3 is 0.804 bits per heavy atom. The van der Waals surface area contributed by atoms with Crippen LogP contribution in [-0.2, 0) is 10.8 Å². The molecule has 532 valence electrons. The van der Waals surface area contributed by atoms with Crippen molar-refractivity contribution in [3.63, 3.8) is 0 Å². The summed E-state index contributed by atoms with van der Waals surface area (Å²) in [6, 6.07) is 139. The van der Waals surface area contributed by atoms with Crippen LogP contribution in [0.4, 0.5) is 34.1 Å². The Hall–Kier alpha value is -14.1. The smallest absolute Gasteiger partial charge is 0.0745 e. The van der Waals surface area contributed by atoms with Crippen molar-refractivity contribution in [1.82, 2.24) is 9.97 Å². The Balaban J connectivity index is 0.000000151. The molecule has 0 spiro atoms. The number of allylic oxidation sites excluding steroid dienone is 2. The Labute approximate surface area is 655 Å². The molecule has 0 radical (unpaired) electrons. The summed E-state index contributed by atoms with van der Waals surface area (Å²) in [6.07, 6.45) is 10.5. The summed E-state index contributed by atoms with van der Waals surface area (Å²) in [7, 11) is 0. The van der Waals surface area contributed by atoms with E-state index in [-0.39, 0.29) is 10.8 Å². The van der Waals surface area contributed by atoms with Gasteiger partial charge in [-0.3, -0.25) is 9.97 Å². The zero-order chi connectivity index (χ0) is 75.3. The Morgan fingerprint density at radius 1 is 0.214 bits per heavy atom. The van der Waals surface area contributed by atoms with Crippen molar-refractivity contribution in [2.75, 3.05) is 9.80 Å². The van der Waals surface area contributed by atoms with E-state index >= 15 is 0 Å². The number of hydrogen-bond acceptors (Lipinski definition) is 4. The van der Waals surface area contributed by atoms with Crippen molar-refractivity contribution >= 4 is 88.4 Å². The molecule has 0 saturated carbocycles. The van der Waals surface area contributed by atoms with Crippen molar-refractivity contribution in [2.45, 2.75) is 38.5 Å². The van der Waals surface area contributed by atoms with E-state index in [0.29, 0.717) is 0 Å². The van der Waals surface area contributed by atoms with Gasteiger partial charge in [0.25, 0.3) is 0 Å². The topological polar surface area (TPSA) is 32.3 Å². The number of rotatable bonds is 14. The molecule has 2 aromatic heterocycles. The largest absolute Gasteiger partial charge is 0.311 e. The molecular weight excluding hydrogens is 1350 g/mol. The summed E-state index contributed by atoms with van der Waals surface area (Å²) in [5.74, 6) is 0. The minimum atomic E-state index is -0.0606. The van der Waals surface area contributed by atoms with Crippen molar-refractivity contribution < 1.29 is 0 Å². The van der Waals surface area contributed by atoms with Gasteiger partial charge in [0.1, 0.15) is 0 Å². The number of anilines is 6. The van der Waals surface area contributed by atoms with E-state index < -0.39 is 0 Å². The maximum Gasteiger partial charge on any atom is 0.0745 e. The van der Waals surface area contributed by atoms with Crippen molar-refractivity contribution in [1.29, 1.82) is 0 Å². The molecule has 2 heterocycles. The standard InChI is InChI=1S/2C54H40N2/c1-54(2)36-51(53-52(54)12-7-33-55-53)43-25-31-50(32-26-43)56(49-29-23-42(24-30-49)47-20-18-38-9-4-6-11-45(38)35-47)48-27-21-40(22-28-48)39-13-15-41(16-14-39)46-19-17-37-8-3-5-10-44(37)34-46;1-54(2)35-51(52-36-55-32-31-53(52)54)43-23-29-50(30-24-43)56(49-27-21-42(22-28-49)47-18-16-38-8-4-6-10-45(38)34-47)48-25-19-40(20-26-48)39-11-13-41(14-12-39)46-17-15-37-7-3-5-9-44(37)33-46/h2*3-36H,1-2H3. The third-order valence-electron chi connectivity index (χ3n) is 22.7. The molecule has 0 N–H and O–H groups in total. The van der Waals surface area contributed by atoms with E-state index in [2.05, 4.69) is 431 Å². The number of fused-ring (bicyclic) bond motifs is 6. The van der Waals surface area contributed by atoms with Gasteiger partial charge >= 0.3 is 0 Å². The minimum Gasteiger partial charge on any atom is -0.311 e. The molecule has 4 nitrogen and oxygen atoms in total. The highest BCUT2D eigenvalue weighted by molar-refractivity contribution is 5.94. The van der Waals surface area contributed by atoms with Gasteiger partial charge in [-0.2, -0.15) is 0 Å². The summed E-state index contributed by atoms with van der Waals surface area (Å²) < 4.78 is 0. The molecule has 0 bridgehead atoms. The lowest BCUT2D eigenvalue weighted by atomic mass is 9.88. The lowest BCUT2D eigenvalue weighted by Gasteiger charge is -2.26. The van der Waals surface area contributed by atoms with Crippen LogP contribution in [-0.4, -0.2) is 9.97 Å². The van der Waals surface area contributed by atoms with Gasteiger partial charge < -0.3 is 9.80 Å². The molecular formula is C108H80N4. The molecule has 0 saturated heterocycles. The second-order valence-corrected chi connectivity index (χ2v) is 30.7. The van der Waals surface area contributed by atoms with Gasteiger partial charge in [-0.05, 0) is 247 Å². The average Bonchev–Trinajstić information content (AvgIpc) is 1.60. The van der Waals surface area contributed by atoms with Crippen LogP contribution in [0.3, 0.4) is 0 Å². The van der Waals surface area contributed by atoms with Gasteiger partial charge in [-0.1, -0.05) is 313 Å². The van der Waals surface area contributed by atoms with Crippen molar-refractivity contribution in [3.05, 3.63) is 446 Å². The van der Waals surface area contributed by atoms with Crippen LogP contribution in [0.1, 0.15) is 61.2 Å². The maximum atomic E-state index is 4.80. The molecule has 16 aromatic carbocycles. The first-order valence-electron chi connectivity index (χ1n) is 38.7. The monoisotopic (exact) mass is 1430 g/mol. The molecule has 20 rings (SSSR count). The first-order valence-corrected chi connectivity index (χ1v) is 38.7. The predicted octanol–water partition coefficient (Wildman–Crippen LogP) is 29.2. The molecule has 0 fully saturated rings. The number of pyridine rings is 2. The van der Waals surface area contributed by atoms with Gasteiger partial charge in [0, 0.05) is 74.7 Å². The molecule has 0 aliphatic heterocycles. The Morgan fingerprint density at radius 2 is 0.473 bits per heavy atom. The number of benzene rings is 16. The second kappa shape index (κ2) is 28.8. The molecule has 4 heteroatoms. The molecule has 0 amide bonds. The van der Waals surface area contributed by atoms with Crippen LogP contribution in [0.2, 0.25) is 0 Å². The van der Waals surface area contributed by atoms with E-state index in [1.807, 2.05) is 24.7 Å². The highest BCUT2D eigenvalue weighted by Crippen LogP contribution is 2.47. The summed E-state index contributed by atoms with van der Waals surface area (Å²) in [6.45, 7) is 9.08. The predicted molar refractivity (Wildman–Crippen MR) is 474 cm³/mol. The first-order chi connectivity index (χ1) is 54.9. The lowest BCUT2D eigenvalue weighted by molar-refractivity contribution is 0.680. The summed E-state index contributed by atoms with van der Waals surface area (Å²) in [4.78, 5) is 14.0. The molecule has 112 heavy (non-hydrogen) atoms. The average molecular weight is 1430 g/mol. The molecule has 0 unspecified atom stereocenters. The van der Waals surface area contributed by atoms with Crippen LogP contribution in [0, 0.1) is 0 Å². The fraction of sp³-hybridized carbons (Fsp3) is 0.0556. The maximum absolute atomic E-state index is 4.80. The highest BCUT2D eigenvalue weighted by atomic mass is 15.1. The highest BCUT2D eigenvalue weighted by Gasteiger charge is 2.33. The van der Waals surface area contributed by atoms with Crippen LogP contribution in [0.15, 0.2) is 413 Å². The van der Waals surface area contributed by atoms with Gasteiger partial charge in [-0.15, -0.1) is 0 Å². The fourth-order valence-corrected chi connectivity index (χ4v) is 16.7. The molecule has 2 aliphatic carbocycles. The van der Waals surface area contributed by atoms with Crippen molar-refractivity contribution in [3.8, 4) is 66.8 Å². The Bertz CT molecular complexity index is 6200. The van der Waals surface area contributed by atoms with E-state index in [9.17, 15) is 0 Å². The number of nitrogens with zero attached hydrogens (tertiary/aromatic N) is 4. The SMILES string of the molecule is CC1(C)C=C(c2ccc(N(c3ccc(-c4ccc(-c5ccc6ccccc6c5)cc4)cc3)c3ccc(-c4ccc5ccccc5c4)cc3)cc2)c2cnccc21.CC1(C)C=C(c2ccc(N(c3ccc(-c4ccc(-c5ccc6ccccc6c5)cc4)cc3)c3ccc(-c4ccc5ccccc5c4)cc3)cc2)c2ncccc21. The molecule has 2 aliphatic rings. The third-order valence-corrected chi connectivity index (χ3v) is 22.7. The number of aromatic nitrogens is 2. The zero-order valence-corrected chi connectivity index (χ0v) is 63.0. The summed E-state index contributed by atoms with van der Waals surface area (Å²) >= 11 is 0. The van der Waals surface area contributed by atoms with Crippen LogP contribution in [0.25, 0.3) is 121 Å². The zero-order valence-electron chi connectivity index (χ0n) is 63.0. The summed E-state index contributed by atoms with van der Waals surface area (Å²) in [5.41, 5.74) is 30.7. The fourth-order valence-electron chi connectivity index (χ4n) is 16.7. The quantitative estimate of drug-likeness (QED) is 0.109. The lowest BCUT2D eigenvalue weighted by Crippen LogP contribution is -2.10. The van der Waals surface area contributed by atoms with E-state index in [1.165, 1.54) is 149 Å². The minimum absolute atomic E-state index is 0.0381. The van der Waals surface area contributed by atoms with Crippen LogP contribution < -0.4 is 9.80 Å². The van der Waals surface area contributed by atoms with Crippen LogP contribution in [0.5, 0.6) is 0 Å². The Kier molecular flexibility index (Phi) is 17.6. The van der Waals surface area contributed by atoms with Gasteiger partial charge in [0.2, 0.25) is 0 Å². The normalized spacial score (nSPS) is 13.1. The number of hydrogen-bond donors (Lipinski definition) is 0. The van der Waals surface area contributed by atoms with Crippen LogP contribution >= 0.6 is 0 Å². The van der Waals surface area contributed by atoms with Gasteiger partial charge in [0.15, 0.2) is 0 Å². The molecule has 18 aromatic rings. The summed E-state index contributed by atoms with van der Waals surface area (Å²) in [5, 5.41) is 10.0. The van der Waals surface area contributed by atoms with E-state index in [0.717, 1.165) is 39.8 Å².